The smallest absolute Gasteiger partial charge is 0.195 e. The van der Waals surface area contributed by atoms with Gasteiger partial charge in [0.1, 0.15) is 0 Å². The lowest BCUT2D eigenvalue weighted by atomic mass is 10.2. The number of hydrogen-bond acceptors (Lipinski definition) is 4. The van der Waals surface area contributed by atoms with E-state index >= 15 is 0 Å². The maximum absolute atomic E-state index is 6.02. The molecular weight excluding hydrogens is 435 g/mol. The van der Waals surface area contributed by atoms with Gasteiger partial charge >= 0.3 is 0 Å². The summed E-state index contributed by atoms with van der Waals surface area (Å²) < 4.78 is 2.04. The molecule has 0 saturated heterocycles. The second-order valence-electron chi connectivity index (χ2n) is 6.09. The molecule has 0 unspecified atom stereocenters. The van der Waals surface area contributed by atoms with Crippen LogP contribution in [0.3, 0.4) is 0 Å². The third-order valence-electron chi connectivity index (χ3n) is 4.18. The number of aromatic nitrogens is 3. The molecule has 0 spiro atoms. The lowest BCUT2D eigenvalue weighted by Crippen LogP contribution is -2.21. The van der Waals surface area contributed by atoms with Crippen LogP contribution in [0.2, 0.25) is 10.0 Å². The quantitative estimate of drug-likeness (QED) is 0.377. The van der Waals surface area contributed by atoms with E-state index in [-0.39, 0.29) is 0 Å². The Balaban J connectivity index is 0.000000245. The Hall–Kier alpha value is -1.95. The van der Waals surface area contributed by atoms with Crippen LogP contribution in [0.1, 0.15) is 39.1 Å². The van der Waals surface area contributed by atoms with E-state index in [9.17, 15) is 0 Å². The maximum atomic E-state index is 6.02. The molecule has 0 amide bonds. The van der Waals surface area contributed by atoms with E-state index in [0.29, 0.717) is 6.54 Å². The van der Waals surface area contributed by atoms with Crippen molar-refractivity contribution >= 4 is 46.9 Å². The number of benzene rings is 2. The van der Waals surface area contributed by atoms with Crippen LogP contribution >= 0.6 is 35.0 Å². The van der Waals surface area contributed by atoms with Crippen molar-refractivity contribution < 1.29 is 0 Å². The first-order valence-electron chi connectivity index (χ1n) is 10.1. The van der Waals surface area contributed by atoms with Gasteiger partial charge in [-0.15, -0.1) is 10.2 Å². The van der Waals surface area contributed by atoms with Crippen LogP contribution in [0.25, 0.3) is 6.20 Å². The molecular formula is C23H28Cl2N4S. The molecule has 7 heteroatoms. The number of hydrogen-bond donors (Lipinski definition) is 0. The summed E-state index contributed by atoms with van der Waals surface area (Å²) in [6, 6.07) is 15.7. The van der Waals surface area contributed by atoms with Crippen LogP contribution in [0, 0.1) is 0 Å². The molecule has 3 aromatic rings. The van der Waals surface area contributed by atoms with Gasteiger partial charge in [0.2, 0.25) is 0 Å². The molecule has 0 radical (unpaired) electrons. The van der Waals surface area contributed by atoms with Gasteiger partial charge in [0.15, 0.2) is 11.0 Å². The summed E-state index contributed by atoms with van der Waals surface area (Å²) in [5.41, 5.74) is 2.39. The third kappa shape index (κ3) is 6.79. The Labute approximate surface area is 193 Å². The molecule has 30 heavy (non-hydrogen) atoms. The number of anilines is 1. The number of nitrogens with zero attached hydrogens (tertiary/aromatic N) is 4. The van der Waals surface area contributed by atoms with Crippen LogP contribution < -0.4 is 4.90 Å². The highest BCUT2D eigenvalue weighted by Gasteiger charge is 2.17. The first-order valence-corrected chi connectivity index (χ1v) is 11.9. The second kappa shape index (κ2) is 12.7. The highest BCUT2D eigenvalue weighted by atomic mass is 35.5. The van der Waals surface area contributed by atoms with Crippen molar-refractivity contribution in [3.8, 4) is 0 Å². The Kier molecular flexibility index (Phi) is 10.3. The van der Waals surface area contributed by atoms with Gasteiger partial charge < -0.3 is 4.90 Å². The molecule has 1 aliphatic heterocycles. The minimum absolute atomic E-state index is 0.702. The van der Waals surface area contributed by atoms with E-state index in [2.05, 4.69) is 28.9 Å². The highest BCUT2D eigenvalue weighted by Crippen LogP contribution is 2.26. The van der Waals surface area contributed by atoms with E-state index in [1.165, 1.54) is 5.56 Å². The number of rotatable bonds is 4. The summed E-state index contributed by atoms with van der Waals surface area (Å²) in [6.45, 7) is 8.94. The van der Waals surface area contributed by atoms with Gasteiger partial charge in [-0.3, -0.25) is 4.57 Å². The number of aryl methyl sites for hydroxylation is 1. The standard InChI is InChI=1S/C13H13ClN4S.C8H9Cl.C2H6/c1-2-19-13-16-15-12-9-17(6-7-18(12)13)11-5-3-4-10(14)8-11;1-2-7-3-5-8(9)6-4-7;1-2/h3-8H,2,9H2,1H3;3-6H,2H2,1H3;1-2H3. The summed E-state index contributed by atoms with van der Waals surface area (Å²) in [5.74, 6) is 1.93. The second-order valence-corrected chi connectivity index (χ2v) is 8.19. The largest absolute Gasteiger partial charge is 0.339 e. The first kappa shape index (κ1) is 24.3. The summed E-state index contributed by atoms with van der Waals surface area (Å²) in [4.78, 5) is 2.11. The van der Waals surface area contributed by atoms with E-state index in [0.717, 1.165) is 38.9 Å². The predicted octanol–water partition coefficient (Wildman–Crippen LogP) is 7.42. The number of thioether (sulfide) groups is 1. The predicted molar refractivity (Wildman–Crippen MR) is 132 cm³/mol. The van der Waals surface area contributed by atoms with E-state index in [1.807, 2.05) is 79.3 Å². The molecule has 1 aromatic heterocycles. The maximum Gasteiger partial charge on any atom is 0.195 e. The highest BCUT2D eigenvalue weighted by molar-refractivity contribution is 7.99. The number of fused-ring (bicyclic) bond motifs is 1. The van der Waals surface area contributed by atoms with Gasteiger partial charge in [0.25, 0.3) is 0 Å². The van der Waals surface area contributed by atoms with Crippen LogP contribution in [-0.4, -0.2) is 20.5 Å². The first-order chi connectivity index (χ1) is 14.6. The average molecular weight is 463 g/mol. The van der Waals surface area contributed by atoms with Crippen LogP contribution in [0.15, 0.2) is 59.9 Å². The molecule has 0 atom stereocenters. The molecule has 0 fully saturated rings. The minimum atomic E-state index is 0.702. The third-order valence-corrected chi connectivity index (χ3v) is 5.49. The molecule has 0 bridgehead atoms. The molecule has 0 aliphatic carbocycles. The molecule has 0 N–H and O–H groups in total. The Morgan fingerprint density at radius 3 is 2.30 bits per heavy atom. The zero-order valence-corrected chi connectivity index (χ0v) is 20.2. The van der Waals surface area contributed by atoms with Crippen LogP contribution in [0.4, 0.5) is 5.69 Å². The fourth-order valence-corrected chi connectivity index (χ4v) is 3.67. The van der Waals surface area contributed by atoms with Crippen molar-refractivity contribution in [3.05, 3.63) is 76.2 Å². The van der Waals surface area contributed by atoms with Gasteiger partial charge in [-0.2, -0.15) is 0 Å². The van der Waals surface area contributed by atoms with Gasteiger partial charge in [-0.25, -0.2) is 0 Å². The van der Waals surface area contributed by atoms with Gasteiger partial charge in [-0.1, -0.05) is 80.9 Å². The molecule has 1 aliphatic rings. The molecule has 4 nitrogen and oxygen atoms in total. The Morgan fingerprint density at radius 1 is 0.933 bits per heavy atom. The Bertz CT molecular complexity index is 939. The van der Waals surface area contributed by atoms with Crippen molar-refractivity contribution in [1.82, 2.24) is 14.8 Å². The zero-order valence-electron chi connectivity index (χ0n) is 17.8. The lowest BCUT2D eigenvalue weighted by Gasteiger charge is -2.23. The van der Waals surface area contributed by atoms with Crippen molar-refractivity contribution in [1.29, 1.82) is 0 Å². The molecule has 4 rings (SSSR count). The van der Waals surface area contributed by atoms with Gasteiger partial charge in [-0.05, 0) is 48.1 Å². The van der Waals surface area contributed by atoms with Gasteiger partial charge in [0, 0.05) is 28.1 Å². The molecule has 2 aromatic carbocycles. The van der Waals surface area contributed by atoms with E-state index in [1.54, 1.807) is 11.8 Å². The van der Waals surface area contributed by atoms with Gasteiger partial charge in [0.05, 0.1) is 6.54 Å². The van der Waals surface area contributed by atoms with Crippen molar-refractivity contribution in [2.24, 2.45) is 0 Å². The summed E-state index contributed by atoms with van der Waals surface area (Å²) in [6.07, 6.45) is 5.11. The molecule has 0 saturated carbocycles. The van der Waals surface area contributed by atoms with Crippen molar-refractivity contribution in [2.75, 3.05) is 10.7 Å². The average Bonchev–Trinajstić information content (AvgIpc) is 3.19. The van der Waals surface area contributed by atoms with E-state index < -0.39 is 0 Å². The molecule has 160 valence electrons. The number of halogens is 2. The van der Waals surface area contributed by atoms with Crippen LogP contribution in [0.5, 0.6) is 0 Å². The van der Waals surface area contributed by atoms with Crippen molar-refractivity contribution in [3.63, 3.8) is 0 Å². The van der Waals surface area contributed by atoms with Crippen molar-refractivity contribution in [2.45, 2.75) is 45.8 Å². The molecule has 2 heterocycles. The summed E-state index contributed by atoms with van der Waals surface area (Å²) >= 11 is 13.4. The summed E-state index contributed by atoms with van der Waals surface area (Å²) in [7, 11) is 0. The lowest BCUT2D eigenvalue weighted by molar-refractivity contribution is 0.800. The SMILES string of the molecule is CC.CCSc1nnc2n1C=CN(c1cccc(Cl)c1)C2.CCc1ccc(Cl)cc1. The van der Waals surface area contributed by atoms with Crippen LogP contribution in [-0.2, 0) is 13.0 Å². The minimum Gasteiger partial charge on any atom is -0.339 e. The van der Waals surface area contributed by atoms with E-state index in [4.69, 9.17) is 23.2 Å². The fourth-order valence-electron chi connectivity index (χ4n) is 2.70. The monoisotopic (exact) mass is 462 g/mol. The Morgan fingerprint density at radius 2 is 1.67 bits per heavy atom. The topological polar surface area (TPSA) is 34.0 Å². The normalized spacial score (nSPS) is 11.7. The zero-order chi connectivity index (χ0) is 21.9. The summed E-state index contributed by atoms with van der Waals surface area (Å²) in [5, 5.41) is 10.9. The fraction of sp³-hybridized carbons (Fsp3) is 0.304.